The second kappa shape index (κ2) is 13.0. The monoisotopic (exact) mass is 579 g/mol. The van der Waals surface area contributed by atoms with Crippen molar-refractivity contribution in [2.24, 2.45) is 5.92 Å². The third-order valence-electron chi connectivity index (χ3n) is 10.9. The number of carbonyl (C=O) groups excluding carboxylic acids is 2. The van der Waals surface area contributed by atoms with E-state index in [1.54, 1.807) is 6.07 Å². The molecule has 9 heteroatoms. The minimum Gasteiger partial charge on any atom is -0.381 e. The predicted molar refractivity (Wildman–Crippen MR) is 162 cm³/mol. The fourth-order valence-corrected chi connectivity index (χ4v) is 8.34. The van der Waals surface area contributed by atoms with Crippen molar-refractivity contribution in [3.63, 3.8) is 0 Å². The van der Waals surface area contributed by atoms with Crippen LogP contribution in [-0.2, 0) is 4.74 Å². The lowest BCUT2D eigenvalue weighted by Gasteiger charge is -2.55. The van der Waals surface area contributed by atoms with E-state index in [9.17, 15) is 14.9 Å². The average Bonchev–Trinajstić information content (AvgIpc) is 3.30. The molecule has 0 spiro atoms. The Morgan fingerprint density at radius 3 is 2.50 bits per heavy atom. The molecule has 0 bridgehead atoms. The number of likely N-dealkylation sites (tertiary alicyclic amines) is 1. The Bertz CT molecular complexity index is 1150. The number of quaternary nitrogens is 1. The highest BCUT2D eigenvalue weighted by Crippen LogP contribution is 2.41. The first-order valence-corrected chi connectivity index (χ1v) is 16.4. The number of ether oxygens (including phenoxy) is 1. The van der Waals surface area contributed by atoms with Gasteiger partial charge >= 0.3 is 11.9 Å². The highest BCUT2D eigenvalue weighted by atomic mass is 16.5. The van der Waals surface area contributed by atoms with E-state index in [2.05, 4.69) is 40.0 Å². The van der Waals surface area contributed by atoms with E-state index in [1.165, 1.54) is 0 Å². The second-order valence-corrected chi connectivity index (χ2v) is 13.5. The number of nitrogens with zero attached hydrogens (tertiary/aromatic N) is 5. The first-order valence-electron chi connectivity index (χ1n) is 16.4. The maximum Gasteiger partial charge on any atom is 0.348 e. The van der Waals surface area contributed by atoms with Gasteiger partial charge in [0, 0.05) is 71.1 Å². The van der Waals surface area contributed by atoms with E-state index < -0.39 is 0 Å². The summed E-state index contributed by atoms with van der Waals surface area (Å²) < 4.78 is 5.98. The Balaban J connectivity index is 1.40. The van der Waals surface area contributed by atoms with Gasteiger partial charge in [-0.15, -0.1) is 0 Å². The molecule has 0 aliphatic carbocycles. The van der Waals surface area contributed by atoms with Crippen LogP contribution in [0.15, 0.2) is 6.07 Å². The van der Waals surface area contributed by atoms with Gasteiger partial charge in [-0.05, 0) is 57.6 Å². The molecule has 1 atom stereocenters. The number of hydrogen-bond donors (Lipinski definition) is 1. The molecule has 5 rings (SSSR count). The van der Waals surface area contributed by atoms with Gasteiger partial charge in [0.2, 0.25) is 0 Å². The zero-order chi connectivity index (χ0) is 29.9. The standard InChI is InChI=1S/C33H51N6O3/c1-5-6-7-29-23-37(22-26-10-18-42-19-11-26)32(41)38(29)28-8-16-39(17-9-28,33(4)12-14-35-15-13-33)31(40)30-24(2)20-27(21-34)36-25(30)3/h20,26,28-29,35H,5-19,22-23H2,1-4H3/q+1. The van der Waals surface area contributed by atoms with Crippen molar-refractivity contribution in [2.75, 3.05) is 52.5 Å². The molecular formula is C33H51N6O3+. The van der Waals surface area contributed by atoms with E-state index in [0.29, 0.717) is 27.4 Å². The first kappa shape index (κ1) is 30.9. The molecule has 1 N–H and O–H groups in total. The summed E-state index contributed by atoms with van der Waals surface area (Å²) >= 11 is 0. The highest BCUT2D eigenvalue weighted by Gasteiger charge is 2.57. The van der Waals surface area contributed by atoms with E-state index in [0.717, 1.165) is 116 Å². The Hall–Kier alpha value is -2.54. The number of amides is 3. The van der Waals surface area contributed by atoms with Crippen LogP contribution in [-0.4, -0.2) is 101 Å². The quantitative estimate of drug-likeness (QED) is 0.454. The highest BCUT2D eigenvalue weighted by molar-refractivity contribution is 5.92. The summed E-state index contributed by atoms with van der Waals surface area (Å²) in [6.07, 6.45) is 8.89. The van der Waals surface area contributed by atoms with Crippen molar-refractivity contribution < 1.29 is 18.8 Å². The minimum atomic E-state index is -0.189. The molecule has 4 aliphatic heterocycles. The SMILES string of the molecule is CCCCC1CN(CC2CCOCC2)C(=O)N1C1CC[N+](C(=O)c2c(C)cc(C#N)nc2C)(C2(C)CCNCC2)CC1. The molecule has 4 saturated heterocycles. The molecular weight excluding hydrogens is 528 g/mol. The number of pyridine rings is 1. The van der Waals surface area contributed by atoms with Gasteiger partial charge in [-0.2, -0.15) is 5.26 Å². The van der Waals surface area contributed by atoms with Crippen molar-refractivity contribution in [2.45, 2.75) is 103 Å². The molecule has 4 aliphatic rings. The lowest BCUT2D eigenvalue weighted by molar-refractivity contribution is -0.907. The van der Waals surface area contributed by atoms with Gasteiger partial charge in [0.05, 0.1) is 24.8 Å². The average molecular weight is 580 g/mol. The fraction of sp³-hybridized carbons (Fsp3) is 0.758. The van der Waals surface area contributed by atoms with E-state index in [4.69, 9.17) is 4.74 Å². The van der Waals surface area contributed by atoms with Gasteiger partial charge in [0.25, 0.3) is 0 Å². The van der Waals surface area contributed by atoms with Gasteiger partial charge in [-0.25, -0.2) is 14.6 Å². The fourth-order valence-electron chi connectivity index (χ4n) is 8.34. The van der Waals surface area contributed by atoms with Crippen LogP contribution in [0, 0.1) is 31.1 Å². The van der Waals surface area contributed by atoms with Gasteiger partial charge in [-0.3, -0.25) is 4.48 Å². The third-order valence-corrected chi connectivity index (χ3v) is 10.9. The number of rotatable bonds is 8. The van der Waals surface area contributed by atoms with Crippen LogP contribution in [0.4, 0.5) is 4.79 Å². The summed E-state index contributed by atoms with van der Waals surface area (Å²) in [7, 11) is 0. The Morgan fingerprint density at radius 2 is 1.88 bits per heavy atom. The molecule has 1 aromatic heterocycles. The topological polar surface area (TPSA) is 98.6 Å². The van der Waals surface area contributed by atoms with Crippen LogP contribution >= 0.6 is 0 Å². The molecule has 0 radical (unpaired) electrons. The van der Waals surface area contributed by atoms with Crippen molar-refractivity contribution >= 4 is 11.9 Å². The molecule has 5 heterocycles. The number of unbranched alkanes of at least 4 members (excludes halogenated alkanes) is 1. The van der Waals surface area contributed by atoms with Gasteiger partial charge in [0.15, 0.2) is 0 Å². The number of piperidine rings is 2. The Kier molecular flexibility index (Phi) is 9.56. The normalized spacial score (nSPS) is 28.6. The molecule has 0 aromatic carbocycles. The molecule has 3 amide bonds. The molecule has 230 valence electrons. The van der Waals surface area contributed by atoms with Crippen LogP contribution in [0.25, 0.3) is 0 Å². The lowest BCUT2D eigenvalue weighted by atomic mass is 9.81. The second-order valence-electron chi connectivity index (χ2n) is 13.5. The van der Waals surface area contributed by atoms with Crippen LogP contribution < -0.4 is 5.32 Å². The van der Waals surface area contributed by atoms with Crippen LogP contribution in [0.1, 0.15) is 98.9 Å². The molecule has 9 nitrogen and oxygen atoms in total. The summed E-state index contributed by atoms with van der Waals surface area (Å²) in [6, 6.07) is 4.50. The van der Waals surface area contributed by atoms with E-state index in [1.807, 2.05) is 13.8 Å². The number of carbonyl (C=O) groups is 2. The van der Waals surface area contributed by atoms with Crippen molar-refractivity contribution in [3.05, 3.63) is 28.6 Å². The number of aromatic nitrogens is 1. The number of aryl methyl sites for hydroxylation is 2. The summed E-state index contributed by atoms with van der Waals surface area (Å²) in [5.41, 5.74) is 2.32. The maximum atomic E-state index is 14.8. The number of hydrogen-bond acceptors (Lipinski definition) is 6. The molecule has 42 heavy (non-hydrogen) atoms. The molecule has 1 unspecified atom stereocenters. The zero-order valence-electron chi connectivity index (χ0n) is 26.3. The summed E-state index contributed by atoms with van der Waals surface area (Å²) in [5, 5.41) is 13.0. The Morgan fingerprint density at radius 1 is 1.19 bits per heavy atom. The summed E-state index contributed by atoms with van der Waals surface area (Å²) in [4.78, 5) is 37.6. The van der Waals surface area contributed by atoms with Crippen LogP contribution in [0.3, 0.4) is 0 Å². The predicted octanol–water partition coefficient (Wildman–Crippen LogP) is 4.55. The van der Waals surface area contributed by atoms with E-state index in [-0.39, 0.29) is 29.6 Å². The number of urea groups is 1. The summed E-state index contributed by atoms with van der Waals surface area (Å²) in [6.45, 7) is 14.8. The molecule has 4 fully saturated rings. The maximum absolute atomic E-state index is 14.8. The largest absolute Gasteiger partial charge is 0.381 e. The third kappa shape index (κ3) is 5.82. The van der Waals surface area contributed by atoms with Crippen LogP contribution in [0.5, 0.6) is 0 Å². The lowest BCUT2D eigenvalue weighted by Crippen LogP contribution is -2.72. The first-order chi connectivity index (χ1) is 20.2. The zero-order valence-corrected chi connectivity index (χ0v) is 26.3. The molecule has 0 saturated carbocycles. The van der Waals surface area contributed by atoms with Gasteiger partial charge in [0.1, 0.15) is 22.9 Å². The smallest absolute Gasteiger partial charge is 0.348 e. The summed E-state index contributed by atoms with van der Waals surface area (Å²) in [5.74, 6) is 0.663. The Labute approximate surface area is 252 Å². The van der Waals surface area contributed by atoms with Gasteiger partial charge in [-0.1, -0.05) is 19.8 Å². The van der Waals surface area contributed by atoms with Gasteiger partial charge < -0.3 is 19.9 Å². The number of nitriles is 1. The van der Waals surface area contributed by atoms with Crippen molar-refractivity contribution in [1.82, 2.24) is 20.1 Å². The van der Waals surface area contributed by atoms with Crippen LogP contribution in [0.2, 0.25) is 0 Å². The van der Waals surface area contributed by atoms with Crippen molar-refractivity contribution in [3.8, 4) is 6.07 Å². The minimum absolute atomic E-state index is 0.140. The van der Waals surface area contributed by atoms with E-state index >= 15 is 0 Å². The molecule has 1 aromatic rings. The van der Waals surface area contributed by atoms with Crippen molar-refractivity contribution in [1.29, 1.82) is 5.26 Å². The number of nitrogens with one attached hydrogen (secondary N) is 1.